The van der Waals surface area contributed by atoms with Gasteiger partial charge in [0.1, 0.15) is 5.01 Å². The molecule has 0 aliphatic rings. The maximum absolute atomic E-state index is 12.6. The van der Waals surface area contributed by atoms with Gasteiger partial charge in [-0.05, 0) is 12.0 Å². The zero-order valence-corrected chi connectivity index (χ0v) is 14.6. The summed E-state index contributed by atoms with van der Waals surface area (Å²) in [7, 11) is 1.64. The van der Waals surface area contributed by atoms with Crippen molar-refractivity contribution in [3.63, 3.8) is 0 Å². The van der Waals surface area contributed by atoms with Crippen LogP contribution >= 0.6 is 11.3 Å². The molecular weight excluding hydrogens is 324 g/mol. The number of rotatable bonds is 4. The van der Waals surface area contributed by atoms with Crippen molar-refractivity contribution in [1.29, 1.82) is 0 Å². The smallest absolute Gasteiger partial charge is 0.259 e. The van der Waals surface area contributed by atoms with E-state index in [1.807, 2.05) is 6.07 Å². The van der Waals surface area contributed by atoms with Crippen LogP contribution in [0.5, 0.6) is 0 Å². The number of nitrogens with zero attached hydrogens (tertiary/aromatic N) is 3. The van der Waals surface area contributed by atoms with E-state index >= 15 is 0 Å². The van der Waals surface area contributed by atoms with Crippen LogP contribution in [0.3, 0.4) is 0 Å². The summed E-state index contributed by atoms with van der Waals surface area (Å²) in [4.78, 5) is 24.8. The Hall–Kier alpha value is -2.54. The maximum atomic E-state index is 12.6. The Morgan fingerprint density at radius 1 is 1.25 bits per heavy atom. The second-order valence-corrected chi connectivity index (χ2v) is 7.12. The molecule has 1 aromatic carbocycles. The first kappa shape index (κ1) is 16.3. The predicted molar refractivity (Wildman–Crippen MR) is 95.6 cm³/mol. The Kier molecular flexibility index (Phi) is 4.44. The normalized spacial score (nSPS) is 11.2. The summed E-state index contributed by atoms with van der Waals surface area (Å²) in [5.41, 5.74) is 0.311. The molecule has 0 atom stereocenters. The number of hydrogen-bond acceptors (Lipinski definition) is 5. The van der Waals surface area contributed by atoms with Gasteiger partial charge in [0.05, 0.1) is 5.56 Å². The molecule has 0 fully saturated rings. The maximum Gasteiger partial charge on any atom is 0.259 e. The van der Waals surface area contributed by atoms with E-state index < -0.39 is 0 Å². The highest BCUT2D eigenvalue weighted by molar-refractivity contribution is 7.15. The van der Waals surface area contributed by atoms with Crippen LogP contribution in [0.25, 0.3) is 10.8 Å². The summed E-state index contributed by atoms with van der Waals surface area (Å²) in [5.74, 6) is 0.183. The Labute approximate surface area is 143 Å². The van der Waals surface area contributed by atoms with E-state index in [1.54, 1.807) is 31.4 Å². The minimum Gasteiger partial charge on any atom is -0.317 e. The van der Waals surface area contributed by atoms with E-state index in [-0.39, 0.29) is 11.5 Å². The van der Waals surface area contributed by atoms with Gasteiger partial charge in [-0.15, -0.1) is 10.2 Å². The van der Waals surface area contributed by atoms with Crippen molar-refractivity contribution in [3.05, 3.63) is 51.4 Å². The molecule has 6 nitrogen and oxygen atoms in total. The molecule has 0 radical (unpaired) electrons. The van der Waals surface area contributed by atoms with Gasteiger partial charge in [0.15, 0.2) is 0 Å². The molecule has 24 heavy (non-hydrogen) atoms. The number of aryl methyl sites for hydroxylation is 1. The van der Waals surface area contributed by atoms with Gasteiger partial charge in [-0.25, -0.2) is 0 Å². The van der Waals surface area contributed by atoms with E-state index in [2.05, 4.69) is 29.4 Å². The number of benzene rings is 1. The number of anilines is 1. The fourth-order valence-electron chi connectivity index (χ4n) is 2.50. The monoisotopic (exact) mass is 342 g/mol. The Morgan fingerprint density at radius 3 is 2.67 bits per heavy atom. The number of carbonyl (C=O) groups excluding carboxylic acids is 1. The van der Waals surface area contributed by atoms with Gasteiger partial charge in [0.25, 0.3) is 11.5 Å². The fourth-order valence-corrected chi connectivity index (χ4v) is 3.44. The standard InChI is InChI=1S/C17H18N4O2S/c1-10(2)8-14-19-20-17(24-14)18-15(22)13-9-21(3)16(23)12-7-5-4-6-11(12)13/h4-7,9-10H,8H2,1-3H3,(H,18,20,22). The first-order valence-corrected chi connectivity index (χ1v) is 8.49. The summed E-state index contributed by atoms with van der Waals surface area (Å²) in [6, 6.07) is 7.09. The molecule has 0 spiro atoms. The van der Waals surface area contributed by atoms with Crippen molar-refractivity contribution < 1.29 is 4.79 Å². The van der Waals surface area contributed by atoms with E-state index in [1.165, 1.54) is 15.9 Å². The first-order chi connectivity index (χ1) is 11.5. The number of amides is 1. The molecule has 3 rings (SSSR count). The van der Waals surface area contributed by atoms with Crippen LogP contribution in [0.2, 0.25) is 0 Å². The van der Waals surface area contributed by atoms with Gasteiger partial charge < -0.3 is 4.57 Å². The van der Waals surface area contributed by atoms with Crippen LogP contribution in [0.4, 0.5) is 5.13 Å². The minimum atomic E-state index is -0.297. The molecule has 0 unspecified atom stereocenters. The zero-order chi connectivity index (χ0) is 17.3. The number of aromatic nitrogens is 3. The lowest BCUT2D eigenvalue weighted by molar-refractivity contribution is 0.102. The van der Waals surface area contributed by atoms with Gasteiger partial charge in [0, 0.05) is 30.4 Å². The Morgan fingerprint density at radius 2 is 1.96 bits per heavy atom. The molecule has 0 saturated carbocycles. The second kappa shape index (κ2) is 6.52. The summed E-state index contributed by atoms with van der Waals surface area (Å²) >= 11 is 1.37. The summed E-state index contributed by atoms with van der Waals surface area (Å²) < 4.78 is 1.42. The molecule has 2 heterocycles. The molecule has 1 amide bonds. The van der Waals surface area contributed by atoms with Crippen LogP contribution in [0.15, 0.2) is 35.3 Å². The lowest BCUT2D eigenvalue weighted by Crippen LogP contribution is -2.21. The van der Waals surface area contributed by atoms with E-state index in [0.717, 1.165) is 11.4 Å². The van der Waals surface area contributed by atoms with Crippen LogP contribution in [-0.2, 0) is 13.5 Å². The zero-order valence-electron chi connectivity index (χ0n) is 13.7. The summed E-state index contributed by atoms with van der Waals surface area (Å²) in [6.07, 6.45) is 2.38. The molecule has 0 bridgehead atoms. The fraction of sp³-hybridized carbons (Fsp3) is 0.294. The third kappa shape index (κ3) is 3.21. The topological polar surface area (TPSA) is 76.9 Å². The third-order valence-electron chi connectivity index (χ3n) is 3.61. The second-order valence-electron chi connectivity index (χ2n) is 6.06. The van der Waals surface area contributed by atoms with Gasteiger partial charge in [-0.3, -0.25) is 14.9 Å². The molecule has 124 valence electrons. The summed E-state index contributed by atoms with van der Waals surface area (Å²) in [6.45, 7) is 4.21. The molecule has 0 saturated heterocycles. The molecule has 7 heteroatoms. The van der Waals surface area contributed by atoms with Crippen LogP contribution in [-0.4, -0.2) is 20.7 Å². The largest absolute Gasteiger partial charge is 0.317 e. The van der Waals surface area contributed by atoms with Crippen molar-refractivity contribution in [2.75, 3.05) is 5.32 Å². The number of carbonyl (C=O) groups is 1. The molecule has 1 N–H and O–H groups in total. The van der Waals surface area contributed by atoms with Gasteiger partial charge in [-0.2, -0.15) is 0 Å². The Balaban J connectivity index is 1.93. The average Bonchev–Trinajstić information content (AvgIpc) is 2.97. The molecule has 0 aliphatic heterocycles. The number of nitrogens with one attached hydrogen (secondary N) is 1. The van der Waals surface area contributed by atoms with Crippen molar-refractivity contribution in [3.8, 4) is 0 Å². The molecule has 2 aromatic heterocycles. The van der Waals surface area contributed by atoms with E-state index in [4.69, 9.17) is 0 Å². The lowest BCUT2D eigenvalue weighted by atomic mass is 10.1. The van der Waals surface area contributed by atoms with Crippen molar-refractivity contribution in [2.45, 2.75) is 20.3 Å². The van der Waals surface area contributed by atoms with Crippen LogP contribution in [0.1, 0.15) is 29.2 Å². The minimum absolute atomic E-state index is 0.128. The SMILES string of the molecule is CC(C)Cc1nnc(NC(=O)c2cn(C)c(=O)c3ccccc23)s1. The predicted octanol–water partition coefficient (Wildman–Crippen LogP) is 2.84. The first-order valence-electron chi connectivity index (χ1n) is 7.68. The summed E-state index contributed by atoms with van der Waals surface area (Å²) in [5, 5.41) is 13.4. The van der Waals surface area contributed by atoms with Crippen molar-refractivity contribution >= 4 is 33.1 Å². The van der Waals surface area contributed by atoms with E-state index in [0.29, 0.717) is 27.4 Å². The van der Waals surface area contributed by atoms with Crippen LogP contribution in [0, 0.1) is 5.92 Å². The number of pyridine rings is 1. The average molecular weight is 342 g/mol. The highest BCUT2D eigenvalue weighted by atomic mass is 32.1. The lowest BCUT2D eigenvalue weighted by Gasteiger charge is -2.08. The van der Waals surface area contributed by atoms with Gasteiger partial charge in [0.2, 0.25) is 5.13 Å². The Bertz CT molecular complexity index is 959. The van der Waals surface area contributed by atoms with Crippen molar-refractivity contribution in [2.24, 2.45) is 13.0 Å². The third-order valence-corrected chi connectivity index (χ3v) is 4.47. The van der Waals surface area contributed by atoms with Gasteiger partial charge in [-0.1, -0.05) is 43.4 Å². The molecule has 3 aromatic rings. The number of hydrogen-bond donors (Lipinski definition) is 1. The van der Waals surface area contributed by atoms with Crippen molar-refractivity contribution in [1.82, 2.24) is 14.8 Å². The quantitative estimate of drug-likeness (QED) is 0.791. The number of fused-ring (bicyclic) bond motifs is 1. The van der Waals surface area contributed by atoms with Gasteiger partial charge >= 0.3 is 0 Å². The van der Waals surface area contributed by atoms with E-state index in [9.17, 15) is 9.59 Å². The highest BCUT2D eigenvalue weighted by Crippen LogP contribution is 2.21. The highest BCUT2D eigenvalue weighted by Gasteiger charge is 2.16. The van der Waals surface area contributed by atoms with Crippen LogP contribution < -0.4 is 10.9 Å². The molecular formula is C17H18N4O2S. The molecule has 0 aliphatic carbocycles.